The fraction of sp³-hybridized carbons (Fsp3) is 0.556. The van der Waals surface area contributed by atoms with Crippen molar-refractivity contribution < 1.29 is 0 Å². The van der Waals surface area contributed by atoms with E-state index in [4.69, 9.17) is 12.2 Å². The standard InChI is InChI=1S/C7H10N2S.C2H6/c1-6(2)9-4-3-8-5-7(9)10;1-2/h3-6H,1-2H3;1-2H3. The van der Waals surface area contributed by atoms with Crippen LogP contribution in [0.15, 0.2) is 18.6 Å². The minimum atomic E-state index is 0.426. The number of nitrogens with zero attached hydrogens (tertiary/aromatic N) is 2. The number of hydrogen-bond acceptors (Lipinski definition) is 2. The molecule has 0 saturated carbocycles. The Kier molecular flexibility index (Phi) is 5.54. The van der Waals surface area contributed by atoms with Crippen LogP contribution < -0.4 is 0 Å². The zero-order chi connectivity index (χ0) is 9.56. The number of rotatable bonds is 1. The van der Waals surface area contributed by atoms with Gasteiger partial charge in [0.1, 0.15) is 4.64 Å². The van der Waals surface area contributed by atoms with Crippen molar-refractivity contribution in [3.8, 4) is 0 Å². The van der Waals surface area contributed by atoms with E-state index in [1.165, 1.54) is 0 Å². The Bertz CT molecular complexity index is 265. The van der Waals surface area contributed by atoms with Crippen molar-refractivity contribution in [2.45, 2.75) is 33.7 Å². The van der Waals surface area contributed by atoms with E-state index >= 15 is 0 Å². The molecule has 0 amide bonds. The van der Waals surface area contributed by atoms with Crippen LogP contribution in [0.4, 0.5) is 0 Å². The van der Waals surface area contributed by atoms with Crippen molar-refractivity contribution in [2.75, 3.05) is 0 Å². The normalized spacial score (nSPS) is 9.08. The molecule has 0 radical (unpaired) electrons. The molecule has 0 aliphatic rings. The maximum atomic E-state index is 5.03. The highest BCUT2D eigenvalue weighted by molar-refractivity contribution is 7.71. The highest BCUT2D eigenvalue weighted by Gasteiger charge is 1.93. The van der Waals surface area contributed by atoms with Crippen molar-refractivity contribution in [1.29, 1.82) is 0 Å². The van der Waals surface area contributed by atoms with E-state index in [-0.39, 0.29) is 0 Å². The van der Waals surface area contributed by atoms with Gasteiger partial charge < -0.3 is 4.57 Å². The van der Waals surface area contributed by atoms with Gasteiger partial charge in [0, 0.05) is 18.4 Å². The minimum absolute atomic E-state index is 0.426. The second-order valence-corrected chi connectivity index (χ2v) is 2.83. The Morgan fingerprint density at radius 2 is 2.00 bits per heavy atom. The van der Waals surface area contributed by atoms with Gasteiger partial charge in [-0.25, -0.2) is 0 Å². The van der Waals surface area contributed by atoms with Crippen LogP contribution in [0.1, 0.15) is 33.7 Å². The molecule has 0 unspecified atom stereocenters. The van der Waals surface area contributed by atoms with Crippen LogP contribution in [0.5, 0.6) is 0 Å². The van der Waals surface area contributed by atoms with E-state index in [0.29, 0.717) is 6.04 Å². The second-order valence-electron chi connectivity index (χ2n) is 2.42. The Hall–Kier alpha value is -0.700. The summed E-state index contributed by atoms with van der Waals surface area (Å²) in [5.74, 6) is 0. The SMILES string of the molecule is CC.CC(C)n1ccncc1=S. The molecule has 1 heterocycles. The molecule has 3 heteroatoms. The zero-order valence-electron chi connectivity index (χ0n) is 8.11. The fourth-order valence-corrected chi connectivity index (χ4v) is 1.12. The average Bonchev–Trinajstić information content (AvgIpc) is 2.08. The van der Waals surface area contributed by atoms with Gasteiger partial charge in [0.25, 0.3) is 0 Å². The third-order valence-corrected chi connectivity index (χ3v) is 1.63. The minimum Gasteiger partial charge on any atom is -0.334 e. The maximum absolute atomic E-state index is 5.03. The highest BCUT2D eigenvalue weighted by atomic mass is 32.1. The van der Waals surface area contributed by atoms with E-state index in [2.05, 4.69) is 18.8 Å². The first kappa shape index (κ1) is 11.3. The van der Waals surface area contributed by atoms with Gasteiger partial charge in [-0.1, -0.05) is 26.1 Å². The molecule has 0 N–H and O–H groups in total. The molecule has 0 fully saturated rings. The summed E-state index contributed by atoms with van der Waals surface area (Å²) in [5, 5.41) is 0. The van der Waals surface area contributed by atoms with E-state index < -0.39 is 0 Å². The summed E-state index contributed by atoms with van der Waals surface area (Å²) in [4.78, 5) is 3.90. The smallest absolute Gasteiger partial charge is 0.124 e. The summed E-state index contributed by atoms with van der Waals surface area (Å²) < 4.78 is 2.79. The summed E-state index contributed by atoms with van der Waals surface area (Å²) in [6, 6.07) is 0.426. The van der Waals surface area contributed by atoms with Gasteiger partial charge in [-0.2, -0.15) is 0 Å². The van der Waals surface area contributed by atoms with Crippen LogP contribution in [-0.2, 0) is 0 Å². The molecule has 0 spiro atoms. The lowest BCUT2D eigenvalue weighted by atomic mass is 10.4. The van der Waals surface area contributed by atoms with Crippen LogP contribution in [0.3, 0.4) is 0 Å². The topological polar surface area (TPSA) is 17.8 Å². The van der Waals surface area contributed by atoms with Crippen molar-refractivity contribution in [3.63, 3.8) is 0 Å². The molecule has 1 rings (SSSR count). The Labute approximate surface area is 79.3 Å². The van der Waals surface area contributed by atoms with E-state index in [9.17, 15) is 0 Å². The molecular formula is C9H16N2S. The Morgan fingerprint density at radius 3 is 2.33 bits per heavy atom. The average molecular weight is 184 g/mol. The summed E-state index contributed by atoms with van der Waals surface area (Å²) in [7, 11) is 0. The molecule has 0 atom stereocenters. The largest absolute Gasteiger partial charge is 0.334 e. The third kappa shape index (κ3) is 3.13. The zero-order valence-corrected chi connectivity index (χ0v) is 8.93. The molecule has 0 bridgehead atoms. The molecule has 0 aliphatic carbocycles. The molecule has 0 aromatic carbocycles. The summed E-state index contributed by atoms with van der Waals surface area (Å²) in [6.07, 6.45) is 5.33. The van der Waals surface area contributed by atoms with E-state index in [1.807, 2.05) is 24.6 Å². The quantitative estimate of drug-likeness (QED) is 0.624. The van der Waals surface area contributed by atoms with Crippen molar-refractivity contribution in [2.24, 2.45) is 0 Å². The van der Waals surface area contributed by atoms with Gasteiger partial charge in [-0.3, -0.25) is 4.98 Å². The van der Waals surface area contributed by atoms with Gasteiger partial charge in [0.05, 0.1) is 6.20 Å². The van der Waals surface area contributed by atoms with Gasteiger partial charge in [-0.15, -0.1) is 0 Å². The van der Waals surface area contributed by atoms with Gasteiger partial charge in [-0.05, 0) is 13.8 Å². The molecule has 1 aromatic heterocycles. The van der Waals surface area contributed by atoms with Crippen molar-refractivity contribution in [3.05, 3.63) is 23.2 Å². The Morgan fingerprint density at radius 1 is 1.42 bits per heavy atom. The summed E-state index contributed by atoms with van der Waals surface area (Å²) >= 11 is 5.03. The van der Waals surface area contributed by atoms with Crippen LogP contribution in [0, 0.1) is 4.64 Å². The number of hydrogen-bond donors (Lipinski definition) is 0. The van der Waals surface area contributed by atoms with Gasteiger partial charge in [0.15, 0.2) is 0 Å². The molecule has 0 aliphatic heterocycles. The second kappa shape index (κ2) is 5.89. The lowest BCUT2D eigenvalue weighted by molar-refractivity contribution is 0.585. The lowest BCUT2D eigenvalue weighted by Gasteiger charge is -2.08. The van der Waals surface area contributed by atoms with E-state index in [1.54, 1.807) is 12.4 Å². The molecule has 0 saturated heterocycles. The summed E-state index contributed by atoms with van der Waals surface area (Å²) in [6.45, 7) is 8.19. The van der Waals surface area contributed by atoms with Crippen LogP contribution in [0.2, 0.25) is 0 Å². The monoisotopic (exact) mass is 184 g/mol. The Balaban J connectivity index is 0.000000561. The molecule has 68 valence electrons. The van der Waals surface area contributed by atoms with Crippen LogP contribution in [-0.4, -0.2) is 9.55 Å². The van der Waals surface area contributed by atoms with E-state index in [0.717, 1.165) is 4.64 Å². The molecule has 1 aromatic rings. The summed E-state index contributed by atoms with van der Waals surface area (Å²) in [5.41, 5.74) is 0. The third-order valence-electron chi connectivity index (χ3n) is 1.31. The molecule has 2 nitrogen and oxygen atoms in total. The van der Waals surface area contributed by atoms with Crippen molar-refractivity contribution in [1.82, 2.24) is 9.55 Å². The maximum Gasteiger partial charge on any atom is 0.124 e. The van der Waals surface area contributed by atoms with Crippen molar-refractivity contribution >= 4 is 12.2 Å². The first-order valence-electron chi connectivity index (χ1n) is 4.24. The molecular weight excluding hydrogens is 168 g/mol. The van der Waals surface area contributed by atoms with Gasteiger partial charge >= 0.3 is 0 Å². The van der Waals surface area contributed by atoms with Gasteiger partial charge in [0.2, 0.25) is 0 Å². The number of aromatic nitrogens is 2. The first-order chi connectivity index (χ1) is 5.72. The predicted octanol–water partition coefficient (Wildman–Crippen LogP) is 3.22. The first-order valence-corrected chi connectivity index (χ1v) is 4.65. The predicted molar refractivity (Wildman–Crippen MR) is 54.8 cm³/mol. The lowest BCUT2D eigenvalue weighted by Crippen LogP contribution is -2.01. The van der Waals surface area contributed by atoms with Crippen LogP contribution >= 0.6 is 12.2 Å². The van der Waals surface area contributed by atoms with Crippen LogP contribution in [0.25, 0.3) is 0 Å². The fourth-order valence-electron chi connectivity index (χ4n) is 0.784. The molecule has 12 heavy (non-hydrogen) atoms. The highest BCUT2D eigenvalue weighted by Crippen LogP contribution is 2.02.